The average Bonchev–Trinajstić information content (AvgIpc) is 1.99. The number of ether oxygens (including phenoxy) is 1. The van der Waals surface area contributed by atoms with Gasteiger partial charge in [0.25, 0.3) is 5.91 Å². The maximum Gasteiger partial charge on any atom is 0.308 e. The summed E-state index contributed by atoms with van der Waals surface area (Å²) in [6, 6.07) is 0. The lowest BCUT2D eigenvalue weighted by Crippen LogP contribution is -2.26. The van der Waals surface area contributed by atoms with Crippen LogP contribution in [0.2, 0.25) is 0 Å². The molecule has 0 heterocycles. The van der Waals surface area contributed by atoms with Crippen molar-refractivity contribution in [2.24, 2.45) is 5.92 Å². The molecule has 0 aliphatic rings. The molecule has 0 aromatic rings. The van der Waals surface area contributed by atoms with Crippen LogP contribution in [-0.4, -0.2) is 25.5 Å². The number of carbonyl (C=O) groups is 2. The van der Waals surface area contributed by atoms with Crippen molar-refractivity contribution < 1.29 is 14.3 Å². The van der Waals surface area contributed by atoms with Crippen molar-refractivity contribution in [2.75, 3.05) is 13.7 Å². The summed E-state index contributed by atoms with van der Waals surface area (Å²) >= 11 is 0. The minimum atomic E-state index is -0.353. The fourth-order valence-electron chi connectivity index (χ4n) is 0.376. The molecule has 0 aromatic heterocycles. The summed E-state index contributed by atoms with van der Waals surface area (Å²) in [7, 11) is 1.49. The monoisotopic (exact) mass is 159 g/mol. The zero-order valence-corrected chi connectivity index (χ0v) is 7.01. The number of rotatable bonds is 3. The molecule has 0 aromatic carbocycles. The molecular formula is C7H13NO3. The van der Waals surface area contributed by atoms with Crippen LogP contribution in [0, 0.1) is 5.92 Å². The number of hydrogen-bond donors (Lipinski definition) is 1. The summed E-state index contributed by atoms with van der Waals surface area (Å²) in [6.45, 7) is 3.24. The normalized spacial score (nSPS) is 9.45. The minimum Gasteiger partial charge on any atom is -0.455 e. The molecule has 0 saturated carbocycles. The predicted octanol–water partition coefficient (Wildman–Crippen LogP) is -0.0684. The van der Waals surface area contributed by atoms with Crippen LogP contribution in [-0.2, 0) is 14.3 Å². The molecule has 64 valence electrons. The van der Waals surface area contributed by atoms with Gasteiger partial charge in [0.15, 0.2) is 6.61 Å². The number of nitrogens with one attached hydrogen (secondary N) is 1. The van der Waals surface area contributed by atoms with Crippen molar-refractivity contribution in [3.8, 4) is 0 Å². The van der Waals surface area contributed by atoms with Gasteiger partial charge in [0.1, 0.15) is 0 Å². The Bertz CT molecular complexity index is 154. The highest BCUT2D eigenvalue weighted by molar-refractivity contribution is 5.80. The van der Waals surface area contributed by atoms with Gasteiger partial charge in [-0.15, -0.1) is 0 Å². The molecule has 0 bridgehead atoms. The van der Waals surface area contributed by atoms with Gasteiger partial charge in [0, 0.05) is 7.05 Å². The molecule has 11 heavy (non-hydrogen) atoms. The average molecular weight is 159 g/mol. The highest BCUT2D eigenvalue weighted by atomic mass is 16.5. The van der Waals surface area contributed by atoms with Gasteiger partial charge in [0.05, 0.1) is 5.92 Å². The molecule has 4 heteroatoms. The third kappa shape index (κ3) is 4.36. The topological polar surface area (TPSA) is 55.4 Å². The summed E-state index contributed by atoms with van der Waals surface area (Å²) in [5.74, 6) is -0.827. The van der Waals surface area contributed by atoms with E-state index in [2.05, 4.69) is 10.1 Å². The number of likely N-dealkylation sites (N-methyl/N-ethyl adjacent to an activating group) is 1. The van der Waals surface area contributed by atoms with Crippen LogP contribution in [0.15, 0.2) is 0 Å². The lowest BCUT2D eigenvalue weighted by molar-refractivity contribution is -0.151. The van der Waals surface area contributed by atoms with Gasteiger partial charge in [0.2, 0.25) is 0 Å². The van der Waals surface area contributed by atoms with E-state index in [-0.39, 0.29) is 24.4 Å². The van der Waals surface area contributed by atoms with Crippen LogP contribution < -0.4 is 5.32 Å². The van der Waals surface area contributed by atoms with Gasteiger partial charge in [-0.05, 0) is 0 Å². The zero-order valence-electron chi connectivity index (χ0n) is 7.01. The van der Waals surface area contributed by atoms with Crippen molar-refractivity contribution in [1.29, 1.82) is 0 Å². The van der Waals surface area contributed by atoms with E-state index in [1.54, 1.807) is 13.8 Å². The van der Waals surface area contributed by atoms with Crippen molar-refractivity contribution in [1.82, 2.24) is 5.32 Å². The lowest BCUT2D eigenvalue weighted by Gasteiger charge is -2.04. The summed E-state index contributed by atoms with van der Waals surface area (Å²) in [5, 5.41) is 2.34. The molecule has 1 N–H and O–H groups in total. The second kappa shape index (κ2) is 4.71. The van der Waals surface area contributed by atoms with E-state index in [4.69, 9.17) is 0 Å². The first-order chi connectivity index (χ1) is 5.07. The van der Waals surface area contributed by atoms with E-state index >= 15 is 0 Å². The number of esters is 1. The Morgan fingerprint density at radius 1 is 1.45 bits per heavy atom. The van der Waals surface area contributed by atoms with Crippen molar-refractivity contribution in [3.05, 3.63) is 0 Å². The second-order valence-electron chi connectivity index (χ2n) is 2.44. The van der Waals surface area contributed by atoms with Crippen LogP contribution >= 0.6 is 0 Å². The van der Waals surface area contributed by atoms with Gasteiger partial charge in [-0.1, -0.05) is 13.8 Å². The van der Waals surface area contributed by atoms with Crippen molar-refractivity contribution >= 4 is 11.9 Å². The maximum atomic E-state index is 10.8. The molecule has 0 spiro atoms. The van der Waals surface area contributed by atoms with Crippen LogP contribution in [0.25, 0.3) is 0 Å². The molecule has 0 saturated heterocycles. The van der Waals surface area contributed by atoms with Crippen LogP contribution in [0.3, 0.4) is 0 Å². The quantitative estimate of drug-likeness (QED) is 0.586. The Kier molecular flexibility index (Phi) is 4.26. The van der Waals surface area contributed by atoms with Gasteiger partial charge in [-0.2, -0.15) is 0 Å². The Morgan fingerprint density at radius 2 is 2.00 bits per heavy atom. The van der Waals surface area contributed by atoms with E-state index in [1.165, 1.54) is 7.05 Å². The number of carbonyl (C=O) groups excluding carboxylic acids is 2. The molecule has 0 aliphatic carbocycles. The van der Waals surface area contributed by atoms with Crippen LogP contribution in [0.5, 0.6) is 0 Å². The highest BCUT2D eigenvalue weighted by Gasteiger charge is 2.09. The molecule has 4 nitrogen and oxygen atoms in total. The predicted molar refractivity (Wildman–Crippen MR) is 39.9 cm³/mol. The fourth-order valence-corrected chi connectivity index (χ4v) is 0.376. The Labute approximate surface area is 65.9 Å². The van der Waals surface area contributed by atoms with Crippen molar-refractivity contribution in [3.63, 3.8) is 0 Å². The van der Waals surface area contributed by atoms with E-state index in [0.717, 1.165) is 0 Å². The summed E-state index contributed by atoms with van der Waals surface area (Å²) in [6.07, 6.45) is 0. The first kappa shape index (κ1) is 9.94. The highest BCUT2D eigenvalue weighted by Crippen LogP contribution is 1.94. The first-order valence-electron chi connectivity index (χ1n) is 3.45. The van der Waals surface area contributed by atoms with Gasteiger partial charge >= 0.3 is 5.97 Å². The molecule has 0 aliphatic heterocycles. The summed E-state index contributed by atoms with van der Waals surface area (Å²) in [5.41, 5.74) is 0. The Balaban J connectivity index is 3.54. The second-order valence-corrected chi connectivity index (χ2v) is 2.44. The fraction of sp³-hybridized carbons (Fsp3) is 0.714. The van der Waals surface area contributed by atoms with Gasteiger partial charge in [-0.25, -0.2) is 0 Å². The standard InChI is InChI=1S/C7H13NO3/c1-5(2)7(10)11-4-6(9)8-3/h5H,4H2,1-3H3,(H,8,9). The lowest BCUT2D eigenvalue weighted by atomic mass is 10.2. The van der Waals surface area contributed by atoms with Crippen LogP contribution in [0.4, 0.5) is 0 Å². The zero-order chi connectivity index (χ0) is 8.85. The molecule has 0 fully saturated rings. The Hall–Kier alpha value is -1.06. The third-order valence-corrected chi connectivity index (χ3v) is 1.10. The van der Waals surface area contributed by atoms with E-state index in [9.17, 15) is 9.59 Å². The maximum absolute atomic E-state index is 10.8. The molecule has 0 unspecified atom stereocenters. The largest absolute Gasteiger partial charge is 0.455 e. The molecule has 0 rings (SSSR count). The number of amides is 1. The summed E-state index contributed by atoms with van der Waals surface area (Å²) in [4.78, 5) is 21.3. The van der Waals surface area contributed by atoms with Gasteiger partial charge in [-0.3, -0.25) is 9.59 Å². The summed E-state index contributed by atoms with van der Waals surface area (Å²) < 4.78 is 4.61. The van der Waals surface area contributed by atoms with E-state index < -0.39 is 0 Å². The number of hydrogen-bond acceptors (Lipinski definition) is 3. The third-order valence-electron chi connectivity index (χ3n) is 1.10. The SMILES string of the molecule is CNC(=O)COC(=O)C(C)C. The van der Waals surface area contributed by atoms with Crippen LogP contribution in [0.1, 0.15) is 13.8 Å². The Morgan fingerprint density at radius 3 is 2.36 bits per heavy atom. The molecule has 0 atom stereocenters. The van der Waals surface area contributed by atoms with Crippen molar-refractivity contribution in [2.45, 2.75) is 13.8 Å². The first-order valence-corrected chi connectivity index (χ1v) is 3.45. The molecule has 1 amide bonds. The van der Waals surface area contributed by atoms with E-state index in [0.29, 0.717) is 0 Å². The molecule has 0 radical (unpaired) electrons. The van der Waals surface area contributed by atoms with Gasteiger partial charge < -0.3 is 10.1 Å². The molecular weight excluding hydrogens is 146 g/mol. The van der Waals surface area contributed by atoms with E-state index in [1.807, 2.05) is 0 Å². The minimum absolute atomic E-state index is 0.181. The smallest absolute Gasteiger partial charge is 0.308 e.